The molecule has 51 heavy (non-hydrogen) atoms. The Kier molecular flexibility index (Phi) is 11.2. The van der Waals surface area contributed by atoms with Crippen LogP contribution >= 0.6 is 0 Å². The molecule has 0 amide bonds. The molecule has 0 aliphatic carbocycles. The van der Waals surface area contributed by atoms with Crippen LogP contribution in [-0.2, 0) is 55.0 Å². The van der Waals surface area contributed by atoms with Crippen LogP contribution in [-0.4, -0.2) is 24.5 Å². The number of fused-ring (bicyclic) bond motifs is 3. The first kappa shape index (κ1) is 35.8. The summed E-state index contributed by atoms with van der Waals surface area (Å²) in [5.41, 5.74) is 7.15. The van der Waals surface area contributed by atoms with E-state index in [1.165, 1.54) is 0 Å². The number of aryl methyl sites for hydroxylation is 2. The van der Waals surface area contributed by atoms with Crippen molar-refractivity contribution in [1.29, 1.82) is 0 Å². The summed E-state index contributed by atoms with van der Waals surface area (Å²) in [6.45, 7) is 4.29. The molecular formula is C42H29N5O2Pt2. The van der Waals surface area contributed by atoms with Crippen LogP contribution in [0, 0.1) is 24.3 Å². The Balaban J connectivity index is 0.00000224. The SMILES string of the molecule is CCc1cc(Oc2[c-]c(-c3ccccn3)ccc2)[c-]c2c1c1c(CC)cc(Oc3[c-]c(-c4ccccn4)ccc3)[c-]c1n2-c1ncccn1.[Pt+2].[Pt+2]. The van der Waals surface area contributed by atoms with E-state index in [-0.39, 0.29) is 42.1 Å². The molecule has 4 aromatic carbocycles. The predicted molar refractivity (Wildman–Crippen MR) is 190 cm³/mol. The molecule has 7 nitrogen and oxygen atoms in total. The van der Waals surface area contributed by atoms with Gasteiger partial charge in [0, 0.05) is 47.8 Å². The fourth-order valence-corrected chi connectivity index (χ4v) is 6.07. The van der Waals surface area contributed by atoms with E-state index in [1.54, 1.807) is 30.9 Å². The van der Waals surface area contributed by atoms with Crippen molar-refractivity contribution in [3.63, 3.8) is 0 Å². The van der Waals surface area contributed by atoms with Gasteiger partial charge < -0.3 is 24.0 Å². The molecule has 0 unspecified atom stereocenters. The zero-order chi connectivity index (χ0) is 33.2. The van der Waals surface area contributed by atoms with Crippen LogP contribution in [0.1, 0.15) is 25.0 Å². The topological polar surface area (TPSA) is 75.0 Å². The number of pyridine rings is 2. The fraction of sp³-hybridized carbons (Fsp3) is 0.0952. The normalized spacial score (nSPS) is 10.8. The van der Waals surface area contributed by atoms with Gasteiger partial charge in [0.1, 0.15) is 0 Å². The quantitative estimate of drug-likeness (QED) is 0.134. The Hall–Kier alpha value is -4.96. The molecule has 0 saturated carbocycles. The number of benzene rings is 4. The molecular weight excluding hydrogens is 997 g/mol. The van der Waals surface area contributed by atoms with E-state index in [0.29, 0.717) is 28.9 Å². The number of aromatic nitrogens is 5. The smallest absolute Gasteiger partial charge is 0.503 e. The molecule has 0 aliphatic rings. The maximum Gasteiger partial charge on any atom is 2.00 e. The molecule has 0 aliphatic heterocycles. The van der Waals surface area contributed by atoms with Crippen LogP contribution < -0.4 is 9.47 Å². The summed E-state index contributed by atoms with van der Waals surface area (Å²) in [5, 5.41) is 2.12. The zero-order valence-corrected chi connectivity index (χ0v) is 32.1. The standard InChI is InChI=1S/C42H29N5O2.2Pt/c1-3-28-22-34(48-32-14-9-12-30(24-32)36-16-5-7-18-43-36)26-38-40(28)41-29(4-2)23-35(27-39(41)47(38)42-45-20-11-21-46-42)49-33-15-10-13-31(25-33)37-17-6-8-19-44-37;;/h5-23H,3-4H2,1-2H3;;/q-4;2*+2. The Morgan fingerprint density at radius 1 is 0.510 bits per heavy atom. The van der Waals surface area contributed by atoms with E-state index in [2.05, 4.69) is 70.2 Å². The second-order valence-corrected chi connectivity index (χ2v) is 11.3. The Morgan fingerprint density at radius 2 is 0.980 bits per heavy atom. The first-order chi connectivity index (χ1) is 24.2. The first-order valence-corrected chi connectivity index (χ1v) is 16.2. The van der Waals surface area contributed by atoms with Crippen molar-refractivity contribution in [3.05, 3.63) is 151 Å². The fourth-order valence-electron chi connectivity index (χ4n) is 6.07. The van der Waals surface area contributed by atoms with Crippen molar-refractivity contribution in [2.75, 3.05) is 0 Å². The number of hydrogen-bond donors (Lipinski definition) is 0. The Morgan fingerprint density at radius 3 is 1.41 bits per heavy atom. The number of ether oxygens (including phenoxy) is 2. The van der Waals surface area contributed by atoms with Gasteiger partial charge in [0.15, 0.2) is 0 Å². The Bertz CT molecular complexity index is 2270. The molecule has 0 atom stereocenters. The molecule has 4 heterocycles. The zero-order valence-electron chi connectivity index (χ0n) is 27.6. The molecule has 0 bridgehead atoms. The molecule has 0 fully saturated rings. The largest absolute Gasteiger partial charge is 2.00 e. The van der Waals surface area contributed by atoms with E-state index < -0.39 is 0 Å². The van der Waals surface area contributed by atoms with Crippen LogP contribution in [0.3, 0.4) is 0 Å². The monoisotopic (exact) mass is 1030 g/mol. The molecule has 0 N–H and O–H groups in total. The van der Waals surface area contributed by atoms with Gasteiger partial charge >= 0.3 is 42.1 Å². The molecule has 0 radical (unpaired) electrons. The summed E-state index contributed by atoms with van der Waals surface area (Å²) in [6.07, 6.45) is 8.55. The van der Waals surface area contributed by atoms with E-state index in [9.17, 15) is 0 Å². The minimum absolute atomic E-state index is 0. The van der Waals surface area contributed by atoms with Gasteiger partial charge in [0.2, 0.25) is 5.95 Å². The molecule has 254 valence electrons. The van der Waals surface area contributed by atoms with Gasteiger partial charge in [-0.15, -0.1) is 71.8 Å². The van der Waals surface area contributed by atoms with Crippen LogP contribution in [0.2, 0.25) is 0 Å². The summed E-state index contributed by atoms with van der Waals surface area (Å²) in [4.78, 5) is 18.3. The van der Waals surface area contributed by atoms with Gasteiger partial charge in [0.05, 0.1) is 0 Å². The maximum absolute atomic E-state index is 6.45. The summed E-state index contributed by atoms with van der Waals surface area (Å²) in [7, 11) is 0. The van der Waals surface area contributed by atoms with Gasteiger partial charge in [-0.05, 0) is 29.6 Å². The second kappa shape index (κ2) is 15.9. The van der Waals surface area contributed by atoms with Crippen molar-refractivity contribution in [1.82, 2.24) is 24.5 Å². The molecule has 0 saturated heterocycles. The maximum atomic E-state index is 6.45. The number of nitrogens with zero attached hydrogens (tertiary/aromatic N) is 5. The van der Waals surface area contributed by atoms with E-state index >= 15 is 0 Å². The van der Waals surface area contributed by atoms with Crippen molar-refractivity contribution in [2.24, 2.45) is 0 Å². The average Bonchev–Trinajstić information content (AvgIpc) is 3.49. The minimum atomic E-state index is 0. The average molecular weight is 1030 g/mol. The summed E-state index contributed by atoms with van der Waals surface area (Å²) in [5.74, 6) is 2.77. The van der Waals surface area contributed by atoms with Gasteiger partial charge in [-0.2, -0.15) is 21.9 Å². The van der Waals surface area contributed by atoms with E-state index in [0.717, 1.165) is 68.3 Å². The van der Waals surface area contributed by atoms with Crippen molar-refractivity contribution in [2.45, 2.75) is 26.7 Å². The van der Waals surface area contributed by atoms with E-state index in [4.69, 9.17) is 9.47 Å². The molecule has 4 aromatic heterocycles. The van der Waals surface area contributed by atoms with Crippen LogP contribution in [0.4, 0.5) is 0 Å². The van der Waals surface area contributed by atoms with Crippen LogP contribution in [0.15, 0.2) is 116 Å². The third-order valence-corrected chi connectivity index (χ3v) is 8.28. The second-order valence-electron chi connectivity index (χ2n) is 11.3. The van der Waals surface area contributed by atoms with Crippen molar-refractivity contribution < 1.29 is 51.6 Å². The van der Waals surface area contributed by atoms with Crippen LogP contribution in [0.25, 0.3) is 50.3 Å². The molecule has 0 spiro atoms. The summed E-state index contributed by atoms with van der Waals surface area (Å²) >= 11 is 0. The summed E-state index contributed by atoms with van der Waals surface area (Å²) in [6, 6.07) is 43.0. The van der Waals surface area contributed by atoms with Gasteiger partial charge in [-0.25, -0.2) is 9.97 Å². The third kappa shape index (κ3) is 7.28. The summed E-state index contributed by atoms with van der Waals surface area (Å²) < 4.78 is 14.9. The van der Waals surface area contributed by atoms with Gasteiger partial charge in [-0.3, -0.25) is 0 Å². The van der Waals surface area contributed by atoms with Gasteiger partial charge in [0.25, 0.3) is 0 Å². The van der Waals surface area contributed by atoms with E-state index in [1.807, 2.05) is 77.4 Å². The third-order valence-electron chi connectivity index (χ3n) is 8.28. The van der Waals surface area contributed by atoms with Crippen molar-refractivity contribution >= 4 is 21.8 Å². The molecule has 8 aromatic rings. The predicted octanol–water partition coefficient (Wildman–Crippen LogP) is 9.60. The van der Waals surface area contributed by atoms with Crippen LogP contribution in [0.5, 0.6) is 23.0 Å². The number of hydrogen-bond acceptors (Lipinski definition) is 6. The Labute approximate surface area is 325 Å². The number of rotatable bonds is 9. The van der Waals surface area contributed by atoms with Gasteiger partial charge in [-0.1, -0.05) is 74.1 Å². The first-order valence-electron chi connectivity index (χ1n) is 16.2. The minimum Gasteiger partial charge on any atom is -0.503 e. The molecule has 9 heteroatoms. The van der Waals surface area contributed by atoms with Crippen molar-refractivity contribution in [3.8, 4) is 51.5 Å². The molecule has 8 rings (SSSR count).